The lowest BCUT2D eigenvalue weighted by atomic mass is 10.0. The Labute approximate surface area is 167 Å². The first-order valence-electron chi connectivity index (χ1n) is 8.64. The van der Waals surface area contributed by atoms with E-state index in [1.54, 1.807) is 0 Å². The highest BCUT2D eigenvalue weighted by atomic mass is 32.1. The second-order valence-corrected chi connectivity index (χ2v) is 10.7. The van der Waals surface area contributed by atoms with E-state index in [4.69, 9.17) is 0 Å². The van der Waals surface area contributed by atoms with Gasteiger partial charge in [-0.25, -0.2) is 0 Å². The van der Waals surface area contributed by atoms with Crippen LogP contribution in [-0.2, 0) is 0 Å². The Kier molecular flexibility index (Phi) is 4.59. The molecule has 0 aromatic carbocycles. The van der Waals surface area contributed by atoms with Crippen molar-refractivity contribution in [3.8, 4) is 32.1 Å². The molecule has 0 unspecified atom stereocenters. The first-order chi connectivity index (χ1) is 12.4. The minimum atomic E-state index is 1.06. The molecule has 0 aliphatic heterocycles. The monoisotopic (exact) mass is 395 g/mol. The molecule has 0 saturated heterocycles. The van der Waals surface area contributed by atoms with Crippen LogP contribution in [0.1, 0.15) is 25.1 Å². The van der Waals surface area contributed by atoms with Gasteiger partial charge in [-0.2, -0.15) is 0 Å². The smallest absolute Gasteiger partial charge is 0.0802 e. The fraction of sp³-hybridized carbons (Fsp3) is 0.227. The SMILES string of the molecule is Cc1ccc(-c2cc(-c3cc(C)sc3C)c(-c3cc(C)sc3C)s2)nc1. The molecule has 132 valence electrons. The Morgan fingerprint density at radius 1 is 0.692 bits per heavy atom. The van der Waals surface area contributed by atoms with E-state index in [1.165, 1.54) is 51.5 Å². The summed E-state index contributed by atoms with van der Waals surface area (Å²) >= 11 is 5.61. The van der Waals surface area contributed by atoms with Crippen LogP contribution in [0.2, 0.25) is 0 Å². The number of aromatic nitrogens is 1. The van der Waals surface area contributed by atoms with Crippen LogP contribution in [0.15, 0.2) is 36.5 Å². The molecule has 0 aliphatic rings. The Balaban J connectivity index is 1.95. The first kappa shape index (κ1) is 17.7. The zero-order valence-corrected chi connectivity index (χ0v) is 18.1. The lowest BCUT2D eigenvalue weighted by Gasteiger charge is -2.03. The third-order valence-electron chi connectivity index (χ3n) is 4.51. The maximum Gasteiger partial charge on any atom is 0.0802 e. The van der Waals surface area contributed by atoms with Crippen LogP contribution in [0.5, 0.6) is 0 Å². The van der Waals surface area contributed by atoms with Crippen molar-refractivity contribution in [2.75, 3.05) is 0 Å². The van der Waals surface area contributed by atoms with Crippen LogP contribution in [0.25, 0.3) is 32.1 Å². The average molecular weight is 396 g/mol. The van der Waals surface area contributed by atoms with Crippen LogP contribution >= 0.6 is 34.0 Å². The molecule has 4 heteroatoms. The van der Waals surface area contributed by atoms with Crippen LogP contribution in [-0.4, -0.2) is 4.98 Å². The normalized spacial score (nSPS) is 11.3. The molecular weight excluding hydrogens is 374 g/mol. The van der Waals surface area contributed by atoms with E-state index in [1.807, 2.05) is 40.2 Å². The van der Waals surface area contributed by atoms with E-state index in [2.05, 4.69) is 69.9 Å². The molecule has 0 fully saturated rings. The predicted octanol–water partition coefficient (Wildman–Crippen LogP) is 7.81. The van der Waals surface area contributed by atoms with Crippen molar-refractivity contribution in [3.63, 3.8) is 0 Å². The molecule has 0 saturated carbocycles. The van der Waals surface area contributed by atoms with Crippen LogP contribution in [0.4, 0.5) is 0 Å². The summed E-state index contributed by atoms with van der Waals surface area (Å²) in [6.45, 7) is 10.9. The van der Waals surface area contributed by atoms with Gasteiger partial charge in [0.1, 0.15) is 0 Å². The Morgan fingerprint density at radius 2 is 1.35 bits per heavy atom. The number of rotatable bonds is 3. The van der Waals surface area contributed by atoms with Crippen molar-refractivity contribution < 1.29 is 0 Å². The zero-order valence-electron chi connectivity index (χ0n) is 15.6. The molecule has 0 amide bonds. The topological polar surface area (TPSA) is 12.9 Å². The van der Waals surface area contributed by atoms with Crippen molar-refractivity contribution in [1.82, 2.24) is 4.98 Å². The fourth-order valence-corrected chi connectivity index (χ4v) is 6.44. The highest BCUT2D eigenvalue weighted by Crippen LogP contribution is 2.47. The number of hydrogen-bond donors (Lipinski definition) is 0. The summed E-state index contributed by atoms with van der Waals surface area (Å²) in [4.78, 5) is 12.8. The third kappa shape index (κ3) is 3.18. The van der Waals surface area contributed by atoms with Crippen LogP contribution in [0, 0.1) is 34.6 Å². The van der Waals surface area contributed by atoms with Gasteiger partial charge in [-0.3, -0.25) is 4.98 Å². The summed E-state index contributed by atoms with van der Waals surface area (Å²) in [6, 6.07) is 11.3. The Bertz CT molecular complexity index is 1010. The molecule has 4 rings (SSSR count). The Morgan fingerprint density at radius 3 is 1.88 bits per heavy atom. The minimum Gasteiger partial charge on any atom is -0.255 e. The maximum atomic E-state index is 4.66. The molecule has 0 N–H and O–H groups in total. The van der Waals surface area contributed by atoms with E-state index < -0.39 is 0 Å². The van der Waals surface area contributed by atoms with Gasteiger partial charge in [0.2, 0.25) is 0 Å². The molecular formula is C22H21NS3. The van der Waals surface area contributed by atoms with Crippen LogP contribution < -0.4 is 0 Å². The van der Waals surface area contributed by atoms with E-state index in [0.717, 1.165) is 5.69 Å². The molecule has 0 aliphatic carbocycles. The molecule has 0 bridgehead atoms. The molecule has 1 nitrogen and oxygen atoms in total. The minimum absolute atomic E-state index is 1.06. The van der Waals surface area contributed by atoms with Crippen molar-refractivity contribution >= 4 is 34.0 Å². The maximum absolute atomic E-state index is 4.66. The number of nitrogens with zero attached hydrogens (tertiary/aromatic N) is 1. The van der Waals surface area contributed by atoms with Gasteiger partial charge >= 0.3 is 0 Å². The molecule has 26 heavy (non-hydrogen) atoms. The first-order valence-corrected chi connectivity index (χ1v) is 11.1. The van der Waals surface area contributed by atoms with Crippen molar-refractivity contribution in [3.05, 3.63) is 61.6 Å². The number of aryl methyl sites for hydroxylation is 5. The second kappa shape index (κ2) is 6.76. The quantitative estimate of drug-likeness (QED) is 0.345. The third-order valence-corrected chi connectivity index (χ3v) is 7.64. The summed E-state index contributed by atoms with van der Waals surface area (Å²) in [6.07, 6.45) is 1.95. The predicted molar refractivity (Wildman–Crippen MR) is 118 cm³/mol. The molecule has 4 aromatic rings. The van der Waals surface area contributed by atoms with Gasteiger partial charge in [-0.1, -0.05) is 6.07 Å². The van der Waals surface area contributed by atoms with Gasteiger partial charge in [-0.15, -0.1) is 34.0 Å². The van der Waals surface area contributed by atoms with Crippen molar-refractivity contribution in [2.45, 2.75) is 34.6 Å². The van der Waals surface area contributed by atoms with E-state index >= 15 is 0 Å². The van der Waals surface area contributed by atoms with Gasteiger partial charge in [0, 0.05) is 41.7 Å². The van der Waals surface area contributed by atoms with Gasteiger partial charge in [0.15, 0.2) is 0 Å². The lowest BCUT2D eigenvalue weighted by molar-refractivity contribution is 1.28. The summed E-state index contributed by atoms with van der Waals surface area (Å²) in [7, 11) is 0. The number of pyridine rings is 1. The van der Waals surface area contributed by atoms with Crippen molar-refractivity contribution in [2.24, 2.45) is 0 Å². The van der Waals surface area contributed by atoms with Crippen LogP contribution in [0.3, 0.4) is 0 Å². The molecule has 0 atom stereocenters. The van der Waals surface area contributed by atoms with Gasteiger partial charge in [-0.05, 0) is 70.0 Å². The summed E-state index contributed by atoms with van der Waals surface area (Å²) in [5.74, 6) is 0. The number of hydrogen-bond acceptors (Lipinski definition) is 4. The fourth-order valence-electron chi connectivity index (χ4n) is 3.29. The molecule has 0 radical (unpaired) electrons. The molecule has 4 aromatic heterocycles. The summed E-state index contributed by atoms with van der Waals surface area (Å²) in [5, 5.41) is 0. The largest absolute Gasteiger partial charge is 0.255 e. The highest BCUT2D eigenvalue weighted by Gasteiger charge is 2.19. The molecule has 4 heterocycles. The number of thiophene rings is 3. The summed E-state index contributed by atoms with van der Waals surface area (Å²) in [5.41, 5.74) is 6.33. The molecule has 0 spiro atoms. The van der Waals surface area contributed by atoms with Gasteiger partial charge in [0.05, 0.1) is 10.6 Å². The van der Waals surface area contributed by atoms with Gasteiger partial charge < -0.3 is 0 Å². The zero-order chi connectivity index (χ0) is 18.4. The van der Waals surface area contributed by atoms with E-state index in [9.17, 15) is 0 Å². The van der Waals surface area contributed by atoms with E-state index in [-0.39, 0.29) is 0 Å². The van der Waals surface area contributed by atoms with Gasteiger partial charge in [0.25, 0.3) is 0 Å². The summed E-state index contributed by atoms with van der Waals surface area (Å²) < 4.78 is 0. The second-order valence-electron chi connectivity index (χ2n) is 6.73. The van der Waals surface area contributed by atoms with Crippen molar-refractivity contribution in [1.29, 1.82) is 0 Å². The standard InChI is InChI=1S/C22H21NS3/c1-12-6-7-20(23-11-12)21-10-19(17-8-13(2)24-15(17)4)22(26-21)18-9-14(3)25-16(18)5/h6-11H,1-5H3. The van der Waals surface area contributed by atoms with E-state index in [0.29, 0.717) is 0 Å². The average Bonchev–Trinajstić information content (AvgIpc) is 3.25. The lowest BCUT2D eigenvalue weighted by Crippen LogP contribution is -1.80. The highest BCUT2D eigenvalue weighted by molar-refractivity contribution is 7.20. The Hall–Kier alpha value is -1.75.